The van der Waals surface area contributed by atoms with E-state index in [1.165, 1.54) is 18.2 Å². The Morgan fingerprint density at radius 3 is 2.73 bits per heavy atom. The second kappa shape index (κ2) is 9.29. The van der Waals surface area contributed by atoms with Gasteiger partial charge in [-0.2, -0.15) is 5.10 Å². The highest BCUT2D eigenvalue weighted by molar-refractivity contribution is 6.30. The summed E-state index contributed by atoms with van der Waals surface area (Å²) in [7, 11) is 0. The van der Waals surface area contributed by atoms with Crippen molar-refractivity contribution in [3.63, 3.8) is 0 Å². The maximum Gasteiger partial charge on any atom is 0.275 e. The van der Waals surface area contributed by atoms with Gasteiger partial charge in [-0.15, -0.1) is 0 Å². The Morgan fingerprint density at radius 1 is 1.30 bits per heavy atom. The molecule has 0 radical (unpaired) electrons. The molecule has 0 bridgehead atoms. The molecule has 1 aliphatic rings. The van der Waals surface area contributed by atoms with Gasteiger partial charge in [-0.3, -0.25) is 19.6 Å². The third-order valence-corrected chi connectivity index (χ3v) is 5.35. The van der Waals surface area contributed by atoms with Crippen LogP contribution in [0.4, 0.5) is 11.4 Å². The molecule has 0 spiro atoms. The van der Waals surface area contributed by atoms with Crippen molar-refractivity contribution in [3.8, 4) is 11.5 Å². The maximum absolute atomic E-state index is 12.8. The van der Waals surface area contributed by atoms with Crippen molar-refractivity contribution in [3.05, 3.63) is 75.1 Å². The SMILES string of the molecule is CCn1ncc(C2=NOC(C(=O)Nc3cc(Oc4ccc(Cl)cc4)cc([N+](=O)[O-])c3)C2)c1C. The van der Waals surface area contributed by atoms with Gasteiger partial charge >= 0.3 is 0 Å². The average Bonchev–Trinajstić information content (AvgIpc) is 3.41. The molecule has 3 aromatic rings. The Balaban J connectivity index is 1.48. The quantitative estimate of drug-likeness (QED) is 0.395. The lowest BCUT2D eigenvalue weighted by atomic mass is 10.1. The summed E-state index contributed by atoms with van der Waals surface area (Å²) >= 11 is 5.87. The number of hydrogen-bond acceptors (Lipinski definition) is 7. The number of nitrogens with one attached hydrogen (secondary N) is 1. The molecule has 1 aliphatic heterocycles. The lowest BCUT2D eigenvalue weighted by Gasteiger charge is -2.11. The summed E-state index contributed by atoms with van der Waals surface area (Å²) in [6.07, 6.45) is 1.08. The van der Waals surface area contributed by atoms with Crippen LogP contribution in [-0.4, -0.2) is 32.4 Å². The highest BCUT2D eigenvalue weighted by Gasteiger charge is 2.31. The normalized spacial score (nSPS) is 15.0. The van der Waals surface area contributed by atoms with E-state index >= 15 is 0 Å². The number of non-ortho nitro benzene ring substituents is 1. The molecule has 0 saturated carbocycles. The first-order valence-electron chi connectivity index (χ1n) is 10.1. The van der Waals surface area contributed by atoms with E-state index in [2.05, 4.69) is 15.6 Å². The number of anilines is 1. The first-order chi connectivity index (χ1) is 15.8. The summed E-state index contributed by atoms with van der Waals surface area (Å²) in [4.78, 5) is 28.9. The Kier molecular flexibility index (Phi) is 6.27. The number of amides is 1. The smallest absolute Gasteiger partial charge is 0.275 e. The maximum atomic E-state index is 12.8. The Labute approximate surface area is 193 Å². The van der Waals surface area contributed by atoms with Gasteiger partial charge in [0.25, 0.3) is 11.6 Å². The number of nitro groups is 1. The number of carbonyl (C=O) groups is 1. The largest absolute Gasteiger partial charge is 0.457 e. The topological polar surface area (TPSA) is 121 Å². The van der Waals surface area contributed by atoms with E-state index in [9.17, 15) is 14.9 Å². The van der Waals surface area contributed by atoms with Gasteiger partial charge in [-0.1, -0.05) is 16.8 Å². The van der Waals surface area contributed by atoms with Crippen molar-refractivity contribution in [2.75, 3.05) is 5.32 Å². The second-order valence-corrected chi connectivity index (χ2v) is 7.75. The van der Waals surface area contributed by atoms with E-state index in [0.29, 0.717) is 16.5 Å². The minimum Gasteiger partial charge on any atom is -0.457 e. The zero-order valence-electron chi connectivity index (χ0n) is 17.8. The molecule has 0 aliphatic carbocycles. The van der Waals surface area contributed by atoms with Crippen molar-refractivity contribution >= 4 is 34.6 Å². The number of oxime groups is 1. The molecular weight excluding hydrogens is 450 g/mol. The molecule has 1 unspecified atom stereocenters. The molecule has 1 aromatic heterocycles. The molecule has 33 heavy (non-hydrogen) atoms. The number of nitrogens with zero attached hydrogens (tertiary/aromatic N) is 4. The van der Waals surface area contributed by atoms with Crippen LogP contribution in [0.2, 0.25) is 5.02 Å². The van der Waals surface area contributed by atoms with E-state index in [-0.39, 0.29) is 23.5 Å². The highest BCUT2D eigenvalue weighted by Crippen LogP contribution is 2.31. The Bertz CT molecular complexity index is 1240. The van der Waals surface area contributed by atoms with Crippen LogP contribution in [0.1, 0.15) is 24.6 Å². The Hall–Kier alpha value is -3.92. The molecule has 1 atom stereocenters. The van der Waals surface area contributed by atoms with Crippen LogP contribution in [0, 0.1) is 17.0 Å². The summed E-state index contributed by atoms with van der Waals surface area (Å²) in [5.41, 5.74) is 2.34. The van der Waals surface area contributed by atoms with Crippen molar-refractivity contribution in [2.45, 2.75) is 32.9 Å². The van der Waals surface area contributed by atoms with Gasteiger partial charge in [-0.05, 0) is 38.1 Å². The van der Waals surface area contributed by atoms with Crippen LogP contribution in [0.3, 0.4) is 0 Å². The third-order valence-electron chi connectivity index (χ3n) is 5.09. The van der Waals surface area contributed by atoms with Gasteiger partial charge in [0.05, 0.1) is 28.6 Å². The summed E-state index contributed by atoms with van der Waals surface area (Å²) in [6.45, 7) is 4.63. The fourth-order valence-corrected chi connectivity index (χ4v) is 3.53. The van der Waals surface area contributed by atoms with Crippen LogP contribution in [0.15, 0.2) is 53.8 Å². The van der Waals surface area contributed by atoms with Crippen molar-refractivity contribution in [1.82, 2.24) is 9.78 Å². The van der Waals surface area contributed by atoms with E-state index in [1.54, 1.807) is 30.5 Å². The lowest BCUT2D eigenvalue weighted by Crippen LogP contribution is -2.28. The van der Waals surface area contributed by atoms with Crippen molar-refractivity contribution in [2.24, 2.45) is 5.16 Å². The van der Waals surface area contributed by atoms with Gasteiger partial charge < -0.3 is 14.9 Å². The molecular formula is C22H20ClN5O5. The zero-order valence-corrected chi connectivity index (χ0v) is 18.6. The van der Waals surface area contributed by atoms with Gasteiger partial charge in [0, 0.05) is 41.4 Å². The molecule has 4 rings (SSSR count). The van der Waals surface area contributed by atoms with E-state index in [0.717, 1.165) is 17.8 Å². The predicted molar refractivity (Wildman–Crippen MR) is 122 cm³/mol. The first kappa shape index (κ1) is 22.3. The minimum atomic E-state index is -0.871. The highest BCUT2D eigenvalue weighted by atomic mass is 35.5. The molecule has 2 aromatic carbocycles. The lowest BCUT2D eigenvalue weighted by molar-refractivity contribution is -0.384. The molecule has 2 heterocycles. The number of halogens is 1. The van der Waals surface area contributed by atoms with Gasteiger partial charge in [0.1, 0.15) is 11.5 Å². The molecule has 1 N–H and O–H groups in total. The minimum absolute atomic E-state index is 0.189. The number of ether oxygens (including phenoxy) is 1. The van der Waals surface area contributed by atoms with Crippen molar-refractivity contribution in [1.29, 1.82) is 0 Å². The van der Waals surface area contributed by atoms with Crippen LogP contribution >= 0.6 is 11.6 Å². The molecule has 0 fully saturated rings. The summed E-state index contributed by atoms with van der Waals surface area (Å²) in [5, 5.41) is 22.9. The van der Waals surface area contributed by atoms with Crippen LogP contribution < -0.4 is 10.1 Å². The number of aryl methyl sites for hydroxylation is 1. The number of aromatic nitrogens is 2. The van der Waals surface area contributed by atoms with Gasteiger partial charge in [0.2, 0.25) is 6.10 Å². The first-order valence-corrected chi connectivity index (χ1v) is 10.5. The summed E-state index contributed by atoms with van der Waals surface area (Å²) < 4.78 is 7.53. The molecule has 11 heteroatoms. The molecule has 170 valence electrons. The monoisotopic (exact) mass is 469 g/mol. The molecule has 0 saturated heterocycles. The van der Waals surface area contributed by atoms with Crippen LogP contribution in [-0.2, 0) is 16.2 Å². The van der Waals surface area contributed by atoms with Crippen LogP contribution in [0.25, 0.3) is 0 Å². The number of hydrogen-bond donors (Lipinski definition) is 1. The zero-order chi connectivity index (χ0) is 23.5. The van der Waals surface area contributed by atoms with E-state index < -0.39 is 16.9 Å². The molecule has 1 amide bonds. The molecule has 10 nitrogen and oxygen atoms in total. The van der Waals surface area contributed by atoms with Gasteiger partial charge in [-0.25, -0.2) is 0 Å². The predicted octanol–water partition coefficient (Wildman–Crippen LogP) is 4.70. The van der Waals surface area contributed by atoms with Gasteiger partial charge in [0.15, 0.2) is 0 Å². The summed E-state index contributed by atoms with van der Waals surface area (Å²) in [5.74, 6) is 0.151. The van der Waals surface area contributed by atoms with Crippen molar-refractivity contribution < 1.29 is 19.3 Å². The number of carbonyl (C=O) groups excluding carboxylic acids is 1. The third kappa shape index (κ3) is 4.96. The summed E-state index contributed by atoms with van der Waals surface area (Å²) in [6, 6.07) is 10.5. The average molecular weight is 470 g/mol. The van der Waals surface area contributed by atoms with E-state index in [1.807, 2.05) is 18.5 Å². The second-order valence-electron chi connectivity index (χ2n) is 7.31. The number of nitro benzene ring substituents is 1. The standard InChI is InChI=1S/C22H20ClN5O5/c1-3-27-13(2)19(12-24-27)20-11-21(33-26-20)22(29)25-15-8-16(28(30)31)10-18(9-15)32-17-6-4-14(23)5-7-17/h4-10,12,21H,3,11H2,1-2H3,(H,25,29). The Morgan fingerprint density at radius 2 is 2.06 bits per heavy atom. The fraction of sp³-hybridized carbons (Fsp3) is 0.227. The number of rotatable bonds is 7. The fourth-order valence-electron chi connectivity index (χ4n) is 3.41. The van der Waals surface area contributed by atoms with E-state index in [4.69, 9.17) is 21.2 Å². The number of benzene rings is 2. The van der Waals surface area contributed by atoms with Crippen LogP contribution in [0.5, 0.6) is 11.5 Å².